The van der Waals surface area contributed by atoms with Crippen molar-refractivity contribution in [3.8, 4) is 5.88 Å². The van der Waals surface area contributed by atoms with Gasteiger partial charge in [-0.25, -0.2) is 15.0 Å². The number of imidazole rings is 1. The number of carbonyl (C=O) groups excluding carboxylic acids is 1. The standard InChI is InChI=1S/C19H26N6O2/c1-13-22-18(14-4-6-23(2)7-5-14)16-11-24(8-9-25(13)16)19(26)15-10-17(27-3)21-12-20-15/h10,12,14H,4-9,11H2,1-3H3. The number of piperidine rings is 1. The minimum Gasteiger partial charge on any atom is -0.481 e. The first kappa shape index (κ1) is 17.9. The van der Waals surface area contributed by atoms with Gasteiger partial charge in [0.15, 0.2) is 0 Å². The molecule has 2 aliphatic rings. The lowest BCUT2D eigenvalue weighted by atomic mass is 9.92. The van der Waals surface area contributed by atoms with Crippen LogP contribution in [0.25, 0.3) is 0 Å². The van der Waals surface area contributed by atoms with Gasteiger partial charge in [-0.1, -0.05) is 0 Å². The minimum atomic E-state index is -0.0878. The maximum atomic E-state index is 13.0. The van der Waals surface area contributed by atoms with Crippen LogP contribution in [0, 0.1) is 6.92 Å². The molecule has 144 valence electrons. The third kappa shape index (κ3) is 3.41. The molecule has 1 amide bonds. The molecule has 4 rings (SSSR count). The summed E-state index contributed by atoms with van der Waals surface area (Å²) in [6.45, 7) is 6.26. The van der Waals surface area contributed by atoms with E-state index in [9.17, 15) is 4.79 Å². The van der Waals surface area contributed by atoms with Crippen molar-refractivity contribution in [1.29, 1.82) is 0 Å². The minimum absolute atomic E-state index is 0.0878. The lowest BCUT2D eigenvalue weighted by Crippen LogP contribution is -2.39. The number of methoxy groups -OCH3 is 1. The zero-order chi connectivity index (χ0) is 19.0. The van der Waals surface area contributed by atoms with Crippen LogP contribution in [0.5, 0.6) is 5.88 Å². The second kappa shape index (κ2) is 7.26. The maximum absolute atomic E-state index is 13.0. The van der Waals surface area contributed by atoms with Crippen LogP contribution in [-0.4, -0.2) is 69.0 Å². The fourth-order valence-electron chi connectivity index (χ4n) is 4.09. The predicted octanol–water partition coefficient (Wildman–Crippen LogP) is 1.46. The molecular weight excluding hydrogens is 344 g/mol. The first-order valence-electron chi connectivity index (χ1n) is 9.46. The van der Waals surface area contributed by atoms with E-state index in [0.29, 0.717) is 30.6 Å². The monoisotopic (exact) mass is 370 g/mol. The summed E-state index contributed by atoms with van der Waals surface area (Å²) in [7, 11) is 3.70. The number of aromatic nitrogens is 4. The lowest BCUT2D eigenvalue weighted by Gasteiger charge is -2.32. The van der Waals surface area contributed by atoms with E-state index in [2.05, 4.69) is 33.4 Å². The summed E-state index contributed by atoms with van der Waals surface area (Å²) >= 11 is 0. The first-order chi connectivity index (χ1) is 13.1. The van der Waals surface area contributed by atoms with E-state index in [1.807, 2.05) is 4.90 Å². The molecule has 2 aromatic rings. The van der Waals surface area contributed by atoms with Gasteiger partial charge in [-0.15, -0.1) is 0 Å². The average molecular weight is 370 g/mol. The number of amides is 1. The number of ether oxygens (including phenoxy) is 1. The molecule has 2 aromatic heterocycles. The van der Waals surface area contributed by atoms with E-state index in [1.54, 1.807) is 6.07 Å². The Morgan fingerprint density at radius 1 is 1.19 bits per heavy atom. The molecule has 4 heterocycles. The Labute approximate surface area is 159 Å². The molecule has 0 unspecified atom stereocenters. The normalized spacial score (nSPS) is 18.4. The van der Waals surface area contributed by atoms with Gasteiger partial charge in [-0.05, 0) is 39.9 Å². The van der Waals surface area contributed by atoms with Gasteiger partial charge in [-0.3, -0.25) is 4.79 Å². The second-order valence-electron chi connectivity index (χ2n) is 7.39. The van der Waals surface area contributed by atoms with E-state index in [-0.39, 0.29) is 5.91 Å². The lowest BCUT2D eigenvalue weighted by molar-refractivity contribution is 0.0702. The van der Waals surface area contributed by atoms with Gasteiger partial charge in [0.1, 0.15) is 17.8 Å². The smallest absolute Gasteiger partial charge is 0.273 e. The van der Waals surface area contributed by atoms with E-state index < -0.39 is 0 Å². The molecule has 0 bridgehead atoms. The Kier molecular flexibility index (Phi) is 4.82. The Morgan fingerprint density at radius 2 is 1.96 bits per heavy atom. The van der Waals surface area contributed by atoms with Crippen molar-refractivity contribution in [2.24, 2.45) is 0 Å². The topological polar surface area (TPSA) is 76.4 Å². The Balaban J connectivity index is 1.57. The number of hydrogen-bond acceptors (Lipinski definition) is 6. The number of carbonyl (C=O) groups is 1. The molecule has 2 aliphatic heterocycles. The van der Waals surface area contributed by atoms with Crippen molar-refractivity contribution in [1.82, 2.24) is 29.3 Å². The SMILES string of the molecule is COc1cc(C(=O)N2CCn3c(C)nc(C4CCN(C)CC4)c3C2)ncn1. The molecular formula is C19H26N6O2. The number of aryl methyl sites for hydroxylation is 1. The molecule has 0 aromatic carbocycles. The first-order valence-corrected chi connectivity index (χ1v) is 9.46. The van der Waals surface area contributed by atoms with Crippen molar-refractivity contribution in [3.63, 3.8) is 0 Å². The fourth-order valence-corrected chi connectivity index (χ4v) is 4.09. The highest BCUT2D eigenvalue weighted by Crippen LogP contribution is 2.32. The van der Waals surface area contributed by atoms with Gasteiger partial charge < -0.3 is 19.1 Å². The number of fused-ring (bicyclic) bond motifs is 1. The number of hydrogen-bond donors (Lipinski definition) is 0. The van der Waals surface area contributed by atoms with Gasteiger partial charge in [-0.2, -0.15) is 0 Å². The maximum Gasteiger partial charge on any atom is 0.273 e. The Morgan fingerprint density at radius 3 is 2.70 bits per heavy atom. The number of nitrogens with zero attached hydrogens (tertiary/aromatic N) is 6. The van der Waals surface area contributed by atoms with Crippen LogP contribution in [0.15, 0.2) is 12.4 Å². The zero-order valence-corrected chi connectivity index (χ0v) is 16.2. The summed E-state index contributed by atoms with van der Waals surface area (Å²) in [5.74, 6) is 1.84. The van der Waals surface area contributed by atoms with Crippen LogP contribution < -0.4 is 4.74 Å². The molecule has 0 saturated carbocycles. The summed E-state index contributed by atoms with van der Waals surface area (Å²) in [4.78, 5) is 30.2. The van der Waals surface area contributed by atoms with Gasteiger partial charge in [0.25, 0.3) is 5.91 Å². The fraction of sp³-hybridized carbons (Fsp3) is 0.579. The summed E-state index contributed by atoms with van der Waals surface area (Å²) < 4.78 is 7.39. The molecule has 0 N–H and O–H groups in total. The molecule has 1 fully saturated rings. The van der Waals surface area contributed by atoms with Gasteiger partial charge in [0.05, 0.1) is 25.0 Å². The molecule has 0 aliphatic carbocycles. The third-order valence-electron chi connectivity index (χ3n) is 5.69. The molecule has 0 spiro atoms. The van der Waals surface area contributed by atoms with Gasteiger partial charge >= 0.3 is 0 Å². The summed E-state index contributed by atoms with van der Waals surface area (Å²) in [5, 5.41) is 0. The third-order valence-corrected chi connectivity index (χ3v) is 5.69. The molecule has 1 saturated heterocycles. The van der Waals surface area contributed by atoms with Crippen LogP contribution >= 0.6 is 0 Å². The highest BCUT2D eigenvalue weighted by Gasteiger charge is 2.31. The molecule has 0 radical (unpaired) electrons. The highest BCUT2D eigenvalue weighted by molar-refractivity contribution is 5.92. The van der Waals surface area contributed by atoms with Crippen molar-refractivity contribution >= 4 is 5.91 Å². The van der Waals surface area contributed by atoms with Crippen LogP contribution in [-0.2, 0) is 13.1 Å². The van der Waals surface area contributed by atoms with E-state index in [4.69, 9.17) is 9.72 Å². The Bertz CT molecular complexity index is 841. The van der Waals surface area contributed by atoms with E-state index in [1.165, 1.54) is 24.8 Å². The van der Waals surface area contributed by atoms with Crippen molar-refractivity contribution < 1.29 is 9.53 Å². The van der Waals surface area contributed by atoms with Gasteiger partial charge in [0.2, 0.25) is 5.88 Å². The summed E-state index contributed by atoms with van der Waals surface area (Å²) in [5.41, 5.74) is 2.73. The number of rotatable bonds is 3. The van der Waals surface area contributed by atoms with Crippen LogP contribution in [0.3, 0.4) is 0 Å². The average Bonchev–Trinajstić information content (AvgIpc) is 3.04. The van der Waals surface area contributed by atoms with Crippen molar-refractivity contribution in [2.75, 3.05) is 33.8 Å². The molecule has 8 nitrogen and oxygen atoms in total. The van der Waals surface area contributed by atoms with Crippen LogP contribution in [0.2, 0.25) is 0 Å². The predicted molar refractivity (Wildman–Crippen MR) is 99.8 cm³/mol. The highest BCUT2D eigenvalue weighted by atomic mass is 16.5. The summed E-state index contributed by atoms with van der Waals surface area (Å²) in [6, 6.07) is 1.59. The number of likely N-dealkylation sites (tertiary alicyclic amines) is 1. The van der Waals surface area contributed by atoms with E-state index >= 15 is 0 Å². The van der Waals surface area contributed by atoms with Crippen molar-refractivity contribution in [3.05, 3.63) is 35.3 Å². The van der Waals surface area contributed by atoms with Crippen LogP contribution in [0.1, 0.15) is 46.5 Å². The molecule has 27 heavy (non-hydrogen) atoms. The van der Waals surface area contributed by atoms with Crippen LogP contribution in [0.4, 0.5) is 0 Å². The van der Waals surface area contributed by atoms with E-state index in [0.717, 1.165) is 38.3 Å². The summed E-state index contributed by atoms with van der Waals surface area (Å²) in [6.07, 6.45) is 3.61. The van der Waals surface area contributed by atoms with Gasteiger partial charge in [0, 0.05) is 25.1 Å². The molecule has 8 heteroatoms. The molecule has 0 atom stereocenters. The zero-order valence-electron chi connectivity index (χ0n) is 16.2. The quantitative estimate of drug-likeness (QED) is 0.814. The van der Waals surface area contributed by atoms with Crippen molar-refractivity contribution in [2.45, 2.75) is 38.8 Å². The largest absolute Gasteiger partial charge is 0.481 e. The Hall–Kier alpha value is -2.48. The second-order valence-corrected chi connectivity index (χ2v) is 7.39.